The van der Waals surface area contributed by atoms with E-state index in [0.717, 1.165) is 5.56 Å². The van der Waals surface area contributed by atoms with Crippen molar-refractivity contribution in [3.05, 3.63) is 34.6 Å². The molecule has 0 bridgehead atoms. The van der Waals surface area contributed by atoms with Gasteiger partial charge in [-0.3, -0.25) is 4.79 Å². The van der Waals surface area contributed by atoms with Gasteiger partial charge in [-0.2, -0.15) is 0 Å². The van der Waals surface area contributed by atoms with Crippen LogP contribution in [0, 0.1) is 5.82 Å². The van der Waals surface area contributed by atoms with E-state index < -0.39 is 5.91 Å². The largest absolute Gasteiger partial charge is 0.366 e. The first-order chi connectivity index (χ1) is 7.36. The Bertz CT molecular complexity index is 411. The van der Waals surface area contributed by atoms with Crippen molar-refractivity contribution in [3.8, 4) is 0 Å². The summed E-state index contributed by atoms with van der Waals surface area (Å²) in [5, 5.41) is 0. The number of primary amides is 1. The molecule has 2 nitrogen and oxygen atoms in total. The van der Waals surface area contributed by atoms with Crippen molar-refractivity contribution in [1.29, 1.82) is 0 Å². The molecule has 0 fully saturated rings. The lowest BCUT2D eigenvalue weighted by Crippen LogP contribution is -2.17. The van der Waals surface area contributed by atoms with Crippen LogP contribution in [0.25, 0.3) is 0 Å². The highest BCUT2D eigenvalue weighted by molar-refractivity contribution is 5.95. The van der Waals surface area contributed by atoms with Crippen molar-refractivity contribution in [1.82, 2.24) is 0 Å². The molecule has 0 radical (unpaired) electrons. The van der Waals surface area contributed by atoms with Gasteiger partial charge in [-0.1, -0.05) is 27.7 Å². The molecule has 88 valence electrons. The van der Waals surface area contributed by atoms with Crippen LogP contribution < -0.4 is 5.73 Å². The highest BCUT2D eigenvalue weighted by Crippen LogP contribution is 2.31. The van der Waals surface area contributed by atoms with Gasteiger partial charge >= 0.3 is 0 Å². The summed E-state index contributed by atoms with van der Waals surface area (Å²) < 4.78 is 13.8. The first-order valence-electron chi connectivity index (χ1n) is 5.48. The van der Waals surface area contributed by atoms with Crippen molar-refractivity contribution < 1.29 is 9.18 Å². The number of amides is 1. The molecule has 1 amide bonds. The Morgan fingerprint density at radius 2 is 1.62 bits per heavy atom. The minimum absolute atomic E-state index is 0.0386. The Hall–Kier alpha value is -1.38. The maximum Gasteiger partial charge on any atom is 0.249 e. The van der Waals surface area contributed by atoms with Crippen LogP contribution in [0.3, 0.4) is 0 Å². The van der Waals surface area contributed by atoms with Crippen molar-refractivity contribution in [2.75, 3.05) is 0 Å². The van der Waals surface area contributed by atoms with Crippen molar-refractivity contribution in [2.24, 2.45) is 5.73 Å². The third kappa shape index (κ3) is 2.23. The fourth-order valence-corrected chi connectivity index (χ4v) is 2.03. The van der Waals surface area contributed by atoms with Gasteiger partial charge in [0.15, 0.2) is 0 Å². The Balaban J connectivity index is 3.56. The van der Waals surface area contributed by atoms with Crippen LogP contribution in [0.5, 0.6) is 0 Å². The Morgan fingerprint density at radius 1 is 1.12 bits per heavy atom. The standard InChI is InChI=1S/C13H18FNO/c1-7(2)11-9(13(15)16)5-6-10(14)12(11)8(3)4/h5-8H,1-4H3,(H2,15,16). The fourth-order valence-electron chi connectivity index (χ4n) is 2.03. The van der Waals surface area contributed by atoms with E-state index >= 15 is 0 Å². The molecule has 0 aromatic heterocycles. The van der Waals surface area contributed by atoms with Gasteiger partial charge in [0.25, 0.3) is 0 Å². The second-order valence-electron chi connectivity index (χ2n) is 4.60. The number of carbonyl (C=O) groups excluding carboxylic acids is 1. The summed E-state index contributed by atoms with van der Waals surface area (Å²) in [6.07, 6.45) is 0. The zero-order chi connectivity index (χ0) is 12.5. The summed E-state index contributed by atoms with van der Waals surface area (Å²) in [6, 6.07) is 2.79. The first kappa shape index (κ1) is 12.7. The Labute approximate surface area is 95.7 Å². The van der Waals surface area contributed by atoms with Crippen LogP contribution in [0.4, 0.5) is 4.39 Å². The summed E-state index contributed by atoms with van der Waals surface area (Å²) in [6.45, 7) is 7.70. The minimum Gasteiger partial charge on any atom is -0.366 e. The maximum atomic E-state index is 13.8. The van der Waals surface area contributed by atoms with Crippen LogP contribution in [0.15, 0.2) is 12.1 Å². The van der Waals surface area contributed by atoms with Crippen LogP contribution in [0.2, 0.25) is 0 Å². The number of rotatable bonds is 3. The molecule has 1 aromatic carbocycles. The van der Waals surface area contributed by atoms with Gasteiger partial charge in [0.1, 0.15) is 5.82 Å². The molecule has 1 rings (SSSR count). The van der Waals surface area contributed by atoms with E-state index in [0.29, 0.717) is 11.1 Å². The summed E-state index contributed by atoms with van der Waals surface area (Å²) in [5.41, 5.74) is 7.08. The zero-order valence-electron chi connectivity index (χ0n) is 10.2. The van der Waals surface area contributed by atoms with Gasteiger partial charge in [0, 0.05) is 5.56 Å². The second-order valence-corrected chi connectivity index (χ2v) is 4.60. The average Bonchev–Trinajstić information content (AvgIpc) is 2.15. The molecule has 0 atom stereocenters. The maximum absolute atomic E-state index is 13.8. The van der Waals surface area contributed by atoms with Crippen LogP contribution >= 0.6 is 0 Å². The quantitative estimate of drug-likeness (QED) is 0.840. The Morgan fingerprint density at radius 3 is 2.00 bits per heavy atom. The third-order valence-corrected chi connectivity index (χ3v) is 2.65. The molecule has 0 heterocycles. The zero-order valence-corrected chi connectivity index (χ0v) is 10.2. The lowest BCUT2D eigenvalue weighted by atomic mass is 9.86. The van der Waals surface area contributed by atoms with Gasteiger partial charge in [-0.15, -0.1) is 0 Å². The molecular weight excluding hydrogens is 205 g/mol. The molecule has 0 saturated heterocycles. The number of benzene rings is 1. The lowest BCUT2D eigenvalue weighted by molar-refractivity contribution is 0.0999. The molecule has 0 spiro atoms. The summed E-state index contributed by atoms with van der Waals surface area (Å²) in [7, 11) is 0. The van der Waals surface area contributed by atoms with Crippen molar-refractivity contribution in [3.63, 3.8) is 0 Å². The molecule has 0 aliphatic rings. The summed E-state index contributed by atoms with van der Waals surface area (Å²) in [4.78, 5) is 11.3. The molecule has 0 saturated carbocycles. The highest BCUT2D eigenvalue weighted by Gasteiger charge is 2.20. The average molecular weight is 223 g/mol. The van der Waals surface area contributed by atoms with Crippen molar-refractivity contribution >= 4 is 5.91 Å². The van der Waals surface area contributed by atoms with Gasteiger partial charge < -0.3 is 5.73 Å². The molecule has 0 aliphatic carbocycles. The van der Waals surface area contributed by atoms with E-state index in [9.17, 15) is 9.18 Å². The molecule has 2 N–H and O–H groups in total. The van der Waals surface area contributed by atoms with Gasteiger partial charge in [-0.25, -0.2) is 4.39 Å². The number of carbonyl (C=O) groups is 1. The molecular formula is C13H18FNO. The minimum atomic E-state index is -0.495. The summed E-state index contributed by atoms with van der Waals surface area (Å²) in [5.74, 6) is -0.637. The number of hydrogen-bond acceptors (Lipinski definition) is 1. The number of halogens is 1. The first-order valence-corrected chi connectivity index (χ1v) is 5.48. The molecule has 1 aromatic rings. The van der Waals surface area contributed by atoms with E-state index in [2.05, 4.69) is 0 Å². The highest BCUT2D eigenvalue weighted by atomic mass is 19.1. The smallest absolute Gasteiger partial charge is 0.249 e. The fraction of sp³-hybridized carbons (Fsp3) is 0.462. The van der Waals surface area contributed by atoms with E-state index in [1.807, 2.05) is 27.7 Å². The van der Waals surface area contributed by atoms with Crippen molar-refractivity contribution in [2.45, 2.75) is 39.5 Å². The van der Waals surface area contributed by atoms with Crippen LogP contribution in [0.1, 0.15) is 61.0 Å². The van der Waals surface area contributed by atoms with E-state index in [4.69, 9.17) is 5.73 Å². The SMILES string of the molecule is CC(C)c1c(F)ccc(C(N)=O)c1C(C)C. The van der Waals surface area contributed by atoms with Gasteiger partial charge in [0.2, 0.25) is 5.91 Å². The molecule has 16 heavy (non-hydrogen) atoms. The predicted octanol–water partition coefficient (Wildman–Crippen LogP) is 3.17. The number of nitrogens with two attached hydrogens (primary N) is 1. The topological polar surface area (TPSA) is 43.1 Å². The predicted molar refractivity (Wildman–Crippen MR) is 63.1 cm³/mol. The van der Waals surface area contributed by atoms with E-state index in [-0.39, 0.29) is 17.7 Å². The second kappa shape index (κ2) is 4.64. The van der Waals surface area contributed by atoms with E-state index in [1.165, 1.54) is 12.1 Å². The molecule has 3 heteroatoms. The Kier molecular flexibility index (Phi) is 3.68. The normalized spacial score (nSPS) is 11.2. The third-order valence-electron chi connectivity index (χ3n) is 2.65. The van der Waals surface area contributed by atoms with E-state index in [1.54, 1.807) is 0 Å². The number of hydrogen-bond donors (Lipinski definition) is 1. The summed E-state index contributed by atoms with van der Waals surface area (Å²) >= 11 is 0. The lowest BCUT2D eigenvalue weighted by Gasteiger charge is -2.19. The molecule has 0 unspecified atom stereocenters. The molecule has 0 aliphatic heterocycles. The monoisotopic (exact) mass is 223 g/mol. The van der Waals surface area contributed by atoms with Gasteiger partial charge in [0.05, 0.1) is 0 Å². The van der Waals surface area contributed by atoms with Gasteiger partial charge in [-0.05, 0) is 35.1 Å². The van der Waals surface area contributed by atoms with Crippen LogP contribution in [-0.2, 0) is 0 Å². The van der Waals surface area contributed by atoms with Crippen LogP contribution in [-0.4, -0.2) is 5.91 Å².